The van der Waals surface area contributed by atoms with Gasteiger partial charge in [0.2, 0.25) is 0 Å². The first kappa shape index (κ1) is 23.4. The number of carbonyl (C=O) groups is 2. The minimum Gasteiger partial charge on any atom is -0.361 e. The van der Waals surface area contributed by atoms with Crippen molar-refractivity contribution in [2.75, 3.05) is 6.26 Å². The molecule has 1 aromatic heterocycles. The van der Waals surface area contributed by atoms with Crippen molar-refractivity contribution in [2.24, 2.45) is 5.92 Å². The van der Waals surface area contributed by atoms with E-state index < -0.39 is 25.7 Å². The van der Waals surface area contributed by atoms with Crippen LogP contribution in [-0.2, 0) is 27.5 Å². The Hall–Kier alpha value is -1.59. The summed E-state index contributed by atoms with van der Waals surface area (Å²) >= 11 is 3.75. The molecule has 0 bridgehead atoms. The van der Waals surface area contributed by atoms with Gasteiger partial charge in [-0.25, -0.2) is 13.9 Å². The minimum atomic E-state index is -3.77. The highest BCUT2D eigenvalue weighted by Gasteiger charge is 2.43. The molecule has 2 amide bonds. The van der Waals surface area contributed by atoms with E-state index in [9.17, 15) is 18.0 Å². The van der Waals surface area contributed by atoms with Crippen molar-refractivity contribution in [2.45, 2.75) is 57.2 Å². The third-order valence-electron chi connectivity index (χ3n) is 4.93. The number of hydrogen-bond donors (Lipinski definition) is 4. The standard InChI is InChI=1S/C16H27N3O6S2/c1-5-10(2)13(17-15(21)26)9-12-8-11(19-25-12)6-7-16(3,14(20)18-22)27(4,23)24/h8,10,13,22H,5-7,9H2,1-4H3,(H,18,20)(H2,17,21,26). The number of sulfone groups is 1. The highest BCUT2D eigenvalue weighted by molar-refractivity contribution is 7.96. The first-order valence-electron chi connectivity index (χ1n) is 8.52. The average Bonchev–Trinajstić information content (AvgIpc) is 3.03. The van der Waals surface area contributed by atoms with Gasteiger partial charge in [0.15, 0.2) is 9.84 Å². The van der Waals surface area contributed by atoms with Crippen LogP contribution in [0.3, 0.4) is 0 Å². The van der Waals surface area contributed by atoms with Crippen LogP contribution in [0.15, 0.2) is 10.6 Å². The largest absolute Gasteiger partial charge is 0.361 e. The Morgan fingerprint density at radius 2 is 2.07 bits per heavy atom. The Labute approximate surface area is 164 Å². The van der Waals surface area contributed by atoms with Gasteiger partial charge < -0.3 is 9.84 Å². The number of nitrogens with zero attached hydrogens (tertiary/aromatic N) is 1. The van der Waals surface area contributed by atoms with Gasteiger partial charge in [0.25, 0.3) is 11.1 Å². The second kappa shape index (κ2) is 9.56. The number of hydroxylamine groups is 1. The number of aryl methyl sites for hydroxylation is 1. The third-order valence-corrected chi connectivity index (χ3v) is 7.08. The highest BCUT2D eigenvalue weighted by atomic mass is 32.2. The summed E-state index contributed by atoms with van der Waals surface area (Å²) in [4.78, 5) is 23.1. The molecule has 1 heterocycles. The number of rotatable bonds is 10. The molecular formula is C16H27N3O6S2. The molecule has 0 aliphatic rings. The first-order valence-corrected chi connectivity index (χ1v) is 10.9. The summed E-state index contributed by atoms with van der Waals surface area (Å²) in [7, 11) is -3.77. The fourth-order valence-electron chi connectivity index (χ4n) is 2.58. The summed E-state index contributed by atoms with van der Waals surface area (Å²) < 4.78 is 27.4. The minimum absolute atomic E-state index is 0.0770. The van der Waals surface area contributed by atoms with Crippen molar-refractivity contribution in [3.05, 3.63) is 17.5 Å². The molecule has 0 saturated carbocycles. The lowest BCUT2D eigenvalue weighted by molar-refractivity contribution is -0.131. The summed E-state index contributed by atoms with van der Waals surface area (Å²) in [5, 5.41) is 15.1. The van der Waals surface area contributed by atoms with Crippen LogP contribution >= 0.6 is 12.6 Å². The summed E-state index contributed by atoms with van der Waals surface area (Å²) in [6, 6.07) is 1.49. The lowest BCUT2D eigenvalue weighted by atomic mass is 9.95. The van der Waals surface area contributed by atoms with E-state index in [0.29, 0.717) is 17.9 Å². The van der Waals surface area contributed by atoms with Crippen LogP contribution in [0.4, 0.5) is 4.79 Å². The Morgan fingerprint density at radius 3 is 2.56 bits per heavy atom. The predicted molar refractivity (Wildman–Crippen MR) is 102 cm³/mol. The predicted octanol–water partition coefficient (Wildman–Crippen LogP) is 1.51. The van der Waals surface area contributed by atoms with E-state index in [1.807, 2.05) is 13.8 Å². The molecule has 11 heteroatoms. The first-order chi connectivity index (χ1) is 12.4. The zero-order valence-electron chi connectivity index (χ0n) is 15.9. The van der Waals surface area contributed by atoms with Gasteiger partial charge >= 0.3 is 0 Å². The number of hydrogen-bond acceptors (Lipinski definition) is 7. The van der Waals surface area contributed by atoms with Crippen LogP contribution in [0.25, 0.3) is 0 Å². The van der Waals surface area contributed by atoms with Gasteiger partial charge in [-0.1, -0.05) is 38.1 Å². The molecule has 3 atom stereocenters. The van der Waals surface area contributed by atoms with Crippen LogP contribution in [0.5, 0.6) is 0 Å². The molecule has 0 saturated heterocycles. The molecule has 154 valence electrons. The Bertz CT molecular complexity index is 764. The quantitative estimate of drug-likeness (QED) is 0.255. The molecule has 27 heavy (non-hydrogen) atoms. The van der Waals surface area contributed by atoms with Crippen molar-refractivity contribution >= 4 is 33.6 Å². The number of aromatic nitrogens is 1. The van der Waals surface area contributed by atoms with Gasteiger partial charge in [-0.15, -0.1) is 0 Å². The molecule has 1 rings (SSSR count). The number of amides is 2. The molecule has 0 aliphatic heterocycles. The molecule has 0 aromatic carbocycles. The van der Waals surface area contributed by atoms with Crippen molar-refractivity contribution < 1.29 is 27.7 Å². The van der Waals surface area contributed by atoms with Crippen molar-refractivity contribution in [3.63, 3.8) is 0 Å². The van der Waals surface area contributed by atoms with Gasteiger partial charge in [0.1, 0.15) is 10.5 Å². The molecule has 0 radical (unpaired) electrons. The highest BCUT2D eigenvalue weighted by Crippen LogP contribution is 2.24. The van der Waals surface area contributed by atoms with Gasteiger partial charge in [-0.05, 0) is 25.7 Å². The lowest BCUT2D eigenvalue weighted by Crippen LogP contribution is -2.49. The molecular weight excluding hydrogens is 394 g/mol. The number of thiol groups is 1. The molecule has 0 aliphatic carbocycles. The van der Waals surface area contributed by atoms with Crippen LogP contribution in [0, 0.1) is 5.92 Å². The van der Waals surface area contributed by atoms with Gasteiger partial charge in [0, 0.05) is 24.8 Å². The molecule has 0 spiro atoms. The summed E-state index contributed by atoms with van der Waals surface area (Å²) in [5.74, 6) is -0.275. The van der Waals surface area contributed by atoms with E-state index in [0.717, 1.165) is 12.7 Å². The maximum Gasteiger partial charge on any atom is 0.276 e. The summed E-state index contributed by atoms with van der Waals surface area (Å²) in [5.41, 5.74) is 1.88. The van der Waals surface area contributed by atoms with Gasteiger partial charge in [-0.2, -0.15) is 0 Å². The van der Waals surface area contributed by atoms with Gasteiger partial charge in [0.05, 0.1) is 5.69 Å². The van der Waals surface area contributed by atoms with Crippen molar-refractivity contribution in [3.8, 4) is 0 Å². The van der Waals surface area contributed by atoms with E-state index in [-0.39, 0.29) is 24.8 Å². The van der Waals surface area contributed by atoms with Crippen molar-refractivity contribution in [1.29, 1.82) is 0 Å². The number of carbonyl (C=O) groups excluding carboxylic acids is 2. The Kier molecular flexibility index (Phi) is 8.30. The fourth-order valence-corrected chi connectivity index (χ4v) is 3.60. The monoisotopic (exact) mass is 421 g/mol. The Morgan fingerprint density at radius 1 is 1.44 bits per heavy atom. The van der Waals surface area contributed by atoms with Crippen LogP contribution in [-0.4, -0.2) is 47.0 Å². The molecule has 9 nitrogen and oxygen atoms in total. The van der Waals surface area contributed by atoms with E-state index in [1.165, 1.54) is 12.4 Å². The lowest BCUT2D eigenvalue weighted by Gasteiger charge is -2.24. The third kappa shape index (κ3) is 6.22. The summed E-state index contributed by atoms with van der Waals surface area (Å²) in [6.07, 6.45) is 2.28. The zero-order chi connectivity index (χ0) is 20.8. The maximum atomic E-state index is 12.0. The normalized spacial score (nSPS) is 16.2. The molecule has 3 unspecified atom stereocenters. The SMILES string of the molecule is CCC(C)C(Cc1cc(CCC(C)(C(=O)NO)S(C)(=O)=O)no1)NC(=O)S. The van der Waals surface area contributed by atoms with Crippen molar-refractivity contribution in [1.82, 2.24) is 16.0 Å². The van der Waals surface area contributed by atoms with Crippen LogP contribution in [0.2, 0.25) is 0 Å². The number of nitrogens with one attached hydrogen (secondary N) is 2. The van der Waals surface area contributed by atoms with Crippen LogP contribution in [0.1, 0.15) is 45.1 Å². The van der Waals surface area contributed by atoms with Gasteiger partial charge in [-0.3, -0.25) is 14.8 Å². The van der Waals surface area contributed by atoms with E-state index in [2.05, 4.69) is 23.1 Å². The van der Waals surface area contributed by atoms with E-state index in [1.54, 1.807) is 6.07 Å². The second-order valence-electron chi connectivity index (χ2n) is 6.87. The maximum absolute atomic E-state index is 12.0. The second-order valence-corrected chi connectivity index (χ2v) is 9.73. The fraction of sp³-hybridized carbons (Fsp3) is 0.688. The topological polar surface area (TPSA) is 139 Å². The van der Waals surface area contributed by atoms with E-state index in [4.69, 9.17) is 9.73 Å². The molecule has 3 N–H and O–H groups in total. The zero-order valence-corrected chi connectivity index (χ0v) is 17.6. The average molecular weight is 422 g/mol. The van der Waals surface area contributed by atoms with E-state index >= 15 is 0 Å². The Balaban J connectivity index is 2.87. The summed E-state index contributed by atoms with van der Waals surface area (Å²) in [6.45, 7) is 5.25. The molecule has 0 fully saturated rings. The smallest absolute Gasteiger partial charge is 0.276 e. The van der Waals surface area contributed by atoms with Crippen LogP contribution < -0.4 is 10.8 Å². The molecule has 1 aromatic rings.